The van der Waals surface area contributed by atoms with Crippen LogP contribution in [-0.4, -0.2) is 16.9 Å². The number of hydrogen-bond donors (Lipinski definition) is 0. The molecule has 0 fully saturated rings. The summed E-state index contributed by atoms with van der Waals surface area (Å²) in [7, 11) is 0. The Bertz CT molecular complexity index is 1910. The van der Waals surface area contributed by atoms with Crippen LogP contribution in [0.15, 0.2) is 106 Å². The molecule has 4 aromatic rings. The number of benzene rings is 4. The van der Waals surface area contributed by atoms with E-state index in [2.05, 4.69) is 41.4 Å². The number of thioether (sulfide) groups is 1. The van der Waals surface area contributed by atoms with E-state index in [1.807, 2.05) is 54.1 Å². The van der Waals surface area contributed by atoms with Crippen LogP contribution in [0.1, 0.15) is 40.2 Å². The first-order valence-electron chi connectivity index (χ1n) is 13.3. The highest BCUT2D eigenvalue weighted by Crippen LogP contribution is 2.31. The largest absolute Gasteiger partial charge is 0.293 e. The Balaban J connectivity index is 0.000000219. The average Bonchev–Trinajstić information content (AvgIpc) is 3.26. The number of aliphatic imine (C=N–C) groups is 1. The number of carbonyl (C=O) groups excluding carboxylic acids is 1. The van der Waals surface area contributed by atoms with Gasteiger partial charge in [-0.3, -0.25) is 19.9 Å². The molecule has 0 amide bonds. The SMILES string of the molecule is C1=CSc2ccccc2N=C1.O=C(c1ccc([N+](=O)[O-])cc1)C1C=c2ccccc2=c2ccc3c(c21)CCCC=3. The Hall–Kier alpha value is -4.55. The van der Waals surface area contributed by atoms with Gasteiger partial charge in [-0.2, -0.15) is 0 Å². The quantitative estimate of drug-likeness (QED) is 0.163. The number of non-ortho nitro benzene ring substituents is 1. The Morgan fingerprint density at radius 3 is 2.55 bits per heavy atom. The van der Waals surface area contributed by atoms with Gasteiger partial charge in [0, 0.05) is 28.8 Å². The molecule has 196 valence electrons. The second-order valence-corrected chi connectivity index (χ2v) is 10.7. The second-order valence-electron chi connectivity index (χ2n) is 9.78. The molecule has 0 N–H and O–H groups in total. The van der Waals surface area contributed by atoms with Gasteiger partial charge < -0.3 is 0 Å². The molecule has 1 atom stereocenters. The highest BCUT2D eigenvalue weighted by Gasteiger charge is 2.27. The summed E-state index contributed by atoms with van der Waals surface area (Å²) in [4.78, 5) is 29.5. The molecule has 2 aliphatic carbocycles. The van der Waals surface area contributed by atoms with Crippen molar-refractivity contribution in [1.29, 1.82) is 0 Å². The minimum atomic E-state index is -0.446. The van der Waals surface area contributed by atoms with Gasteiger partial charge in [0.15, 0.2) is 5.78 Å². The maximum absolute atomic E-state index is 13.5. The third-order valence-corrected chi connectivity index (χ3v) is 8.27. The number of carbonyl (C=O) groups is 1. The number of Topliss-reactive ketones (excluding diaryl/α,β-unsaturated/α-hetero) is 1. The zero-order valence-electron chi connectivity index (χ0n) is 21.7. The van der Waals surface area contributed by atoms with Crippen molar-refractivity contribution in [2.45, 2.75) is 30.1 Å². The molecule has 1 heterocycles. The van der Waals surface area contributed by atoms with Gasteiger partial charge in [-0.05, 0) is 87.0 Å². The molecule has 0 radical (unpaired) electrons. The highest BCUT2D eigenvalue weighted by atomic mass is 32.2. The van der Waals surface area contributed by atoms with E-state index in [0.29, 0.717) is 5.56 Å². The summed E-state index contributed by atoms with van der Waals surface area (Å²) in [5, 5.41) is 17.6. The molecule has 0 aromatic heterocycles. The fraction of sp³-hybridized carbons (Fsp3) is 0.118. The molecule has 7 rings (SSSR count). The Labute approximate surface area is 235 Å². The number of hydrogen-bond acceptors (Lipinski definition) is 5. The molecule has 40 heavy (non-hydrogen) atoms. The van der Waals surface area contributed by atoms with Crippen LogP contribution in [0.2, 0.25) is 0 Å². The van der Waals surface area contributed by atoms with Crippen molar-refractivity contribution in [2.24, 2.45) is 4.99 Å². The van der Waals surface area contributed by atoms with Gasteiger partial charge in [-0.1, -0.05) is 72.4 Å². The van der Waals surface area contributed by atoms with Crippen molar-refractivity contribution >= 4 is 47.3 Å². The molecule has 0 saturated heterocycles. The molecular weight excluding hydrogens is 516 g/mol. The third kappa shape index (κ3) is 5.06. The monoisotopic (exact) mass is 542 g/mol. The van der Waals surface area contributed by atoms with E-state index in [4.69, 9.17) is 0 Å². The van der Waals surface area contributed by atoms with Gasteiger partial charge in [0.1, 0.15) is 0 Å². The van der Waals surface area contributed by atoms with E-state index in [1.54, 1.807) is 23.9 Å². The summed E-state index contributed by atoms with van der Waals surface area (Å²) in [6.45, 7) is 0. The molecule has 1 unspecified atom stereocenters. The van der Waals surface area contributed by atoms with Crippen LogP contribution in [0.4, 0.5) is 11.4 Å². The third-order valence-electron chi connectivity index (χ3n) is 7.38. The fourth-order valence-electron chi connectivity index (χ4n) is 5.50. The van der Waals surface area contributed by atoms with Crippen LogP contribution >= 0.6 is 11.8 Å². The van der Waals surface area contributed by atoms with Gasteiger partial charge >= 0.3 is 0 Å². The Kier molecular flexibility index (Phi) is 7.25. The predicted molar refractivity (Wildman–Crippen MR) is 161 cm³/mol. The molecular formula is C34H26N2O3S. The van der Waals surface area contributed by atoms with Crippen molar-refractivity contribution in [1.82, 2.24) is 0 Å². The molecule has 5 nitrogen and oxygen atoms in total. The highest BCUT2D eigenvalue weighted by molar-refractivity contribution is 8.02. The van der Waals surface area contributed by atoms with Crippen LogP contribution in [-0.2, 0) is 6.42 Å². The predicted octanol–water partition coefficient (Wildman–Crippen LogP) is 6.77. The molecule has 0 bridgehead atoms. The number of allylic oxidation sites excluding steroid dienone is 1. The summed E-state index contributed by atoms with van der Waals surface area (Å²) in [6.07, 6.45) is 11.2. The summed E-state index contributed by atoms with van der Waals surface area (Å²) < 4.78 is 0. The Morgan fingerprint density at radius 2 is 1.70 bits per heavy atom. The van der Waals surface area contributed by atoms with Crippen molar-refractivity contribution in [3.63, 3.8) is 0 Å². The van der Waals surface area contributed by atoms with Gasteiger partial charge in [-0.25, -0.2) is 0 Å². The second kappa shape index (κ2) is 11.3. The topological polar surface area (TPSA) is 72.6 Å². The lowest BCUT2D eigenvalue weighted by Gasteiger charge is -2.23. The number of rotatable bonds is 3. The van der Waals surface area contributed by atoms with Crippen LogP contribution in [0, 0.1) is 20.6 Å². The fourth-order valence-corrected chi connectivity index (χ4v) is 6.19. The molecule has 3 aliphatic rings. The lowest BCUT2D eigenvalue weighted by atomic mass is 9.80. The first-order chi connectivity index (χ1) is 19.6. The van der Waals surface area contributed by atoms with Crippen LogP contribution in [0.5, 0.6) is 0 Å². The number of nitrogens with zero attached hydrogens (tertiary/aromatic N) is 2. The maximum atomic E-state index is 13.5. The molecule has 1 aliphatic heterocycles. The van der Waals surface area contributed by atoms with Gasteiger partial charge in [0.25, 0.3) is 5.69 Å². The van der Waals surface area contributed by atoms with Crippen LogP contribution < -0.4 is 10.4 Å². The van der Waals surface area contributed by atoms with E-state index in [-0.39, 0.29) is 17.4 Å². The van der Waals surface area contributed by atoms with Gasteiger partial charge in [0.2, 0.25) is 0 Å². The normalized spacial score (nSPS) is 15.8. The van der Waals surface area contributed by atoms with Gasteiger partial charge in [-0.15, -0.1) is 0 Å². The number of fused-ring (bicyclic) bond motifs is 5. The first kappa shape index (κ1) is 25.7. The molecule has 0 spiro atoms. The summed E-state index contributed by atoms with van der Waals surface area (Å²) >= 11 is 1.70. The van der Waals surface area contributed by atoms with Gasteiger partial charge in [0.05, 0.1) is 16.5 Å². The van der Waals surface area contributed by atoms with E-state index in [0.717, 1.165) is 46.2 Å². The smallest absolute Gasteiger partial charge is 0.269 e. The minimum Gasteiger partial charge on any atom is -0.293 e. The summed E-state index contributed by atoms with van der Waals surface area (Å²) in [6, 6.07) is 26.5. The maximum Gasteiger partial charge on any atom is 0.269 e. The minimum absolute atomic E-state index is 0.00750. The number of nitro benzene ring substituents is 1. The number of nitro groups is 1. The lowest BCUT2D eigenvalue weighted by molar-refractivity contribution is -0.384. The van der Waals surface area contributed by atoms with Crippen LogP contribution in [0.3, 0.4) is 0 Å². The number of para-hydroxylation sites is 1. The zero-order valence-corrected chi connectivity index (χ0v) is 22.5. The zero-order chi connectivity index (χ0) is 27.5. The van der Waals surface area contributed by atoms with Crippen molar-refractivity contribution in [2.75, 3.05) is 0 Å². The average molecular weight is 543 g/mol. The van der Waals surface area contributed by atoms with Crippen LogP contribution in [0.25, 0.3) is 12.2 Å². The number of ketones is 1. The van der Waals surface area contributed by atoms with E-state index in [1.165, 1.54) is 27.8 Å². The molecule has 4 aromatic carbocycles. The molecule has 6 heteroatoms. The Morgan fingerprint density at radius 1 is 0.900 bits per heavy atom. The van der Waals surface area contributed by atoms with E-state index < -0.39 is 4.92 Å². The van der Waals surface area contributed by atoms with Crippen molar-refractivity contribution in [3.8, 4) is 0 Å². The van der Waals surface area contributed by atoms with E-state index in [9.17, 15) is 14.9 Å². The van der Waals surface area contributed by atoms with E-state index >= 15 is 0 Å². The summed E-state index contributed by atoms with van der Waals surface area (Å²) in [5.74, 6) is -0.405. The first-order valence-corrected chi connectivity index (χ1v) is 14.1. The molecule has 0 saturated carbocycles. The lowest BCUT2D eigenvalue weighted by Crippen LogP contribution is -2.25. The standard InChI is InChI=1S/C25H19NO3.C9H7NS/c27-25(17-9-12-19(13-10-17)26(28)29)23-15-18-6-2-3-7-20(18)22-14-11-16-5-1-4-8-21(16)24(22)23;1-2-5-9-8(4-1)10-6-3-7-11-9/h2-3,5-7,9-15,23H,1,4,8H2;1-7H. The van der Waals surface area contributed by atoms with Crippen molar-refractivity contribution in [3.05, 3.63) is 144 Å². The van der Waals surface area contributed by atoms with Crippen molar-refractivity contribution < 1.29 is 9.72 Å². The summed E-state index contributed by atoms with van der Waals surface area (Å²) in [5.41, 5.74) is 3.91.